The molecule has 0 amide bonds. The van der Waals surface area contributed by atoms with Gasteiger partial charge in [0.2, 0.25) is 0 Å². The summed E-state index contributed by atoms with van der Waals surface area (Å²) in [7, 11) is 2.04. The summed E-state index contributed by atoms with van der Waals surface area (Å²) in [6.07, 6.45) is 0. The monoisotopic (exact) mass is 486 g/mol. The predicted octanol–water partition coefficient (Wildman–Crippen LogP) is 7.51. The van der Waals surface area contributed by atoms with E-state index < -0.39 is 0 Å². The summed E-state index contributed by atoms with van der Waals surface area (Å²) in [6.45, 7) is 4.17. The number of aromatic nitrogens is 2. The van der Waals surface area contributed by atoms with Crippen LogP contribution in [-0.4, -0.2) is 22.6 Å². The molecule has 2 aliphatic rings. The lowest BCUT2D eigenvalue weighted by Gasteiger charge is -2.24. The van der Waals surface area contributed by atoms with Crippen molar-refractivity contribution in [3.8, 4) is 17.1 Å². The van der Waals surface area contributed by atoms with Gasteiger partial charge in [0.25, 0.3) is 0 Å². The SMILES string of the molecule is CC(C)/N=c1/cc2n(-c3ccc(Cl)cc3)c3ccccc3nc-2cc1N(C)c1ccc(Cl)cc1. The van der Waals surface area contributed by atoms with E-state index in [4.69, 9.17) is 33.2 Å². The largest absolute Gasteiger partial charge is 0.343 e. The first kappa shape index (κ1) is 22.5. The molecule has 0 radical (unpaired) electrons. The normalized spacial score (nSPS) is 12.1. The molecule has 170 valence electrons. The molecule has 0 bridgehead atoms. The third-order valence-corrected chi connectivity index (χ3v) is 6.24. The van der Waals surface area contributed by atoms with Crippen molar-refractivity contribution >= 4 is 45.6 Å². The number of anilines is 2. The molecule has 4 nitrogen and oxygen atoms in total. The average molecular weight is 487 g/mol. The van der Waals surface area contributed by atoms with Crippen molar-refractivity contribution in [2.45, 2.75) is 19.9 Å². The highest BCUT2D eigenvalue weighted by atomic mass is 35.5. The number of benzene rings is 4. The van der Waals surface area contributed by atoms with Crippen LogP contribution in [0.3, 0.4) is 0 Å². The number of nitrogens with zero attached hydrogens (tertiary/aromatic N) is 4. The number of fused-ring (bicyclic) bond motifs is 2. The Balaban J connectivity index is 1.84. The summed E-state index contributed by atoms with van der Waals surface area (Å²) < 4.78 is 2.22. The molecule has 3 aromatic rings. The number of hydrogen-bond acceptors (Lipinski definition) is 3. The Morgan fingerprint density at radius 3 is 2.18 bits per heavy atom. The molecule has 0 spiro atoms. The summed E-state index contributed by atoms with van der Waals surface area (Å²) in [6, 6.07) is 28.2. The van der Waals surface area contributed by atoms with Gasteiger partial charge in [-0.05, 0) is 86.6 Å². The lowest BCUT2D eigenvalue weighted by atomic mass is 10.1. The standard InChI is InChI=1S/C28H24Cl2N4/c1-18(2)31-24-17-28-25(16-27(24)33(3)21-12-8-19(29)9-13-21)32-23-6-4-5-7-26(23)34(28)22-14-10-20(30)11-15-22/h4-18H,1-3H3/b31-24-. The van der Waals surface area contributed by atoms with Gasteiger partial charge in [0.1, 0.15) is 0 Å². The first-order valence-corrected chi connectivity index (χ1v) is 11.9. The van der Waals surface area contributed by atoms with E-state index in [0.29, 0.717) is 10.0 Å². The summed E-state index contributed by atoms with van der Waals surface area (Å²) >= 11 is 12.3. The van der Waals surface area contributed by atoms with Crippen molar-refractivity contribution in [3.63, 3.8) is 0 Å². The molecule has 0 saturated carbocycles. The molecule has 0 aromatic heterocycles. The van der Waals surface area contributed by atoms with Crippen molar-refractivity contribution in [2.24, 2.45) is 4.99 Å². The Labute approximate surface area is 209 Å². The molecular formula is C28H24Cl2N4. The van der Waals surface area contributed by atoms with Crippen LogP contribution in [0.4, 0.5) is 11.4 Å². The van der Waals surface area contributed by atoms with E-state index in [1.54, 1.807) is 0 Å². The zero-order valence-electron chi connectivity index (χ0n) is 19.2. The van der Waals surface area contributed by atoms with E-state index in [9.17, 15) is 0 Å². The van der Waals surface area contributed by atoms with E-state index in [-0.39, 0.29) is 6.04 Å². The smallest absolute Gasteiger partial charge is 0.0900 e. The lowest BCUT2D eigenvalue weighted by molar-refractivity contribution is 0.804. The molecular weight excluding hydrogens is 463 g/mol. The third-order valence-electron chi connectivity index (χ3n) is 5.73. The first-order valence-electron chi connectivity index (χ1n) is 11.2. The van der Waals surface area contributed by atoms with E-state index in [0.717, 1.165) is 44.8 Å². The molecule has 1 aliphatic heterocycles. The first-order chi connectivity index (χ1) is 16.4. The Morgan fingerprint density at radius 2 is 1.50 bits per heavy atom. The zero-order valence-corrected chi connectivity index (χ0v) is 20.7. The van der Waals surface area contributed by atoms with Crippen LogP contribution >= 0.6 is 23.2 Å². The minimum Gasteiger partial charge on any atom is -0.343 e. The van der Waals surface area contributed by atoms with E-state index in [2.05, 4.69) is 41.5 Å². The van der Waals surface area contributed by atoms with Gasteiger partial charge in [-0.1, -0.05) is 35.3 Å². The van der Waals surface area contributed by atoms with Crippen LogP contribution in [0.2, 0.25) is 10.0 Å². The van der Waals surface area contributed by atoms with Crippen LogP contribution < -0.4 is 10.3 Å². The van der Waals surface area contributed by atoms with E-state index >= 15 is 0 Å². The van der Waals surface area contributed by atoms with Crippen LogP contribution in [0.25, 0.3) is 28.1 Å². The Kier molecular flexibility index (Phi) is 6.03. The summed E-state index contributed by atoms with van der Waals surface area (Å²) in [5, 5.41) is 2.31. The van der Waals surface area contributed by atoms with Crippen molar-refractivity contribution < 1.29 is 0 Å². The van der Waals surface area contributed by atoms with E-state index in [1.807, 2.05) is 73.8 Å². The molecule has 1 heterocycles. The summed E-state index contributed by atoms with van der Waals surface area (Å²) in [4.78, 5) is 12.1. The fraction of sp³-hybridized carbons (Fsp3) is 0.143. The van der Waals surface area contributed by atoms with Crippen LogP contribution in [0, 0.1) is 0 Å². The zero-order chi connectivity index (χ0) is 23.8. The van der Waals surface area contributed by atoms with Crippen molar-refractivity contribution in [1.82, 2.24) is 9.55 Å². The molecule has 0 N–H and O–H groups in total. The quantitative estimate of drug-likeness (QED) is 0.246. The van der Waals surface area contributed by atoms with Crippen LogP contribution in [-0.2, 0) is 0 Å². The number of rotatable bonds is 4. The van der Waals surface area contributed by atoms with Crippen molar-refractivity contribution in [2.75, 3.05) is 11.9 Å². The minimum atomic E-state index is 0.132. The fourth-order valence-corrected chi connectivity index (χ4v) is 4.41. The molecule has 34 heavy (non-hydrogen) atoms. The molecule has 1 aliphatic carbocycles. The third kappa shape index (κ3) is 4.27. The van der Waals surface area contributed by atoms with Gasteiger partial charge >= 0.3 is 0 Å². The highest BCUT2D eigenvalue weighted by Gasteiger charge is 2.18. The second kappa shape index (κ2) is 9.13. The second-order valence-corrected chi connectivity index (χ2v) is 9.37. The summed E-state index contributed by atoms with van der Waals surface area (Å²) in [5.74, 6) is 0. The van der Waals surface area contributed by atoms with Crippen LogP contribution in [0.1, 0.15) is 13.8 Å². The Hall–Kier alpha value is -3.34. The van der Waals surface area contributed by atoms with Crippen LogP contribution in [0.15, 0.2) is 89.9 Å². The highest BCUT2D eigenvalue weighted by molar-refractivity contribution is 6.30. The lowest BCUT2D eigenvalue weighted by Crippen LogP contribution is -2.22. The average Bonchev–Trinajstić information content (AvgIpc) is 2.83. The molecule has 0 unspecified atom stereocenters. The fourth-order valence-electron chi connectivity index (χ4n) is 4.15. The summed E-state index contributed by atoms with van der Waals surface area (Å²) in [5.41, 5.74) is 6.82. The molecule has 0 saturated heterocycles. The minimum absolute atomic E-state index is 0.132. The van der Waals surface area contributed by atoms with Gasteiger partial charge in [-0.15, -0.1) is 0 Å². The molecule has 3 aromatic carbocycles. The van der Waals surface area contributed by atoms with Crippen LogP contribution in [0.5, 0.6) is 0 Å². The second-order valence-electron chi connectivity index (χ2n) is 8.50. The van der Waals surface area contributed by atoms with Gasteiger partial charge in [0.15, 0.2) is 0 Å². The maximum absolute atomic E-state index is 6.19. The topological polar surface area (TPSA) is 33.4 Å². The van der Waals surface area contributed by atoms with Gasteiger partial charge in [0.05, 0.1) is 33.5 Å². The number of para-hydroxylation sites is 2. The van der Waals surface area contributed by atoms with Gasteiger partial charge in [-0.3, -0.25) is 4.99 Å². The van der Waals surface area contributed by atoms with Gasteiger partial charge in [-0.25, -0.2) is 4.98 Å². The van der Waals surface area contributed by atoms with Gasteiger partial charge in [0, 0.05) is 34.5 Å². The predicted molar refractivity (Wildman–Crippen MR) is 143 cm³/mol. The van der Waals surface area contributed by atoms with E-state index in [1.165, 1.54) is 0 Å². The molecule has 6 heteroatoms. The molecule has 0 atom stereocenters. The maximum Gasteiger partial charge on any atom is 0.0900 e. The van der Waals surface area contributed by atoms with Crippen molar-refractivity contribution in [1.29, 1.82) is 0 Å². The van der Waals surface area contributed by atoms with Gasteiger partial charge in [-0.2, -0.15) is 0 Å². The number of halogens is 2. The highest BCUT2D eigenvalue weighted by Crippen LogP contribution is 2.32. The molecule has 0 fully saturated rings. The maximum atomic E-state index is 6.19. The Morgan fingerprint density at radius 1 is 0.853 bits per heavy atom. The Bertz CT molecular complexity index is 1500. The molecule has 5 rings (SSSR count). The van der Waals surface area contributed by atoms with Gasteiger partial charge < -0.3 is 9.47 Å². The number of hydrogen-bond donors (Lipinski definition) is 0. The van der Waals surface area contributed by atoms with Crippen molar-refractivity contribution in [3.05, 3.63) is 100 Å².